The lowest BCUT2D eigenvalue weighted by Crippen LogP contribution is -2.47. The number of rotatable bonds is 4. The number of hydrogen-bond donors (Lipinski definition) is 2. The Bertz CT molecular complexity index is 1150. The van der Waals surface area contributed by atoms with E-state index in [9.17, 15) is 14.7 Å². The zero-order valence-corrected chi connectivity index (χ0v) is 20.4. The van der Waals surface area contributed by atoms with E-state index in [0.717, 1.165) is 39.1 Å². The molecule has 7 heteroatoms. The molecule has 1 unspecified atom stereocenters. The molecule has 0 amide bonds. The van der Waals surface area contributed by atoms with Crippen molar-refractivity contribution < 1.29 is 24.2 Å². The third-order valence-corrected chi connectivity index (χ3v) is 6.70. The summed E-state index contributed by atoms with van der Waals surface area (Å²) in [6, 6.07) is 3.55. The third kappa shape index (κ3) is 4.21. The number of aromatic carboxylic acids is 1. The molecule has 0 aliphatic carbocycles. The normalized spacial score (nSPS) is 17.2. The summed E-state index contributed by atoms with van der Waals surface area (Å²) in [6.45, 7) is 12.8. The molecule has 2 aromatic rings. The fraction of sp³-hybridized carbons (Fsp3) is 0.400. The monoisotopic (exact) mass is 455 g/mol. The summed E-state index contributed by atoms with van der Waals surface area (Å²) in [5, 5.41) is 12.8. The van der Waals surface area contributed by atoms with Crippen molar-refractivity contribution in [3.8, 4) is 11.5 Å². The minimum Gasteiger partial charge on any atom is -0.480 e. The van der Waals surface area contributed by atoms with E-state index in [1.54, 1.807) is 6.07 Å². The van der Waals surface area contributed by atoms with Crippen LogP contribution in [0.15, 0.2) is 12.1 Å². The molecule has 3 rings (SSSR count). The largest absolute Gasteiger partial charge is 0.480 e. The van der Waals surface area contributed by atoms with Gasteiger partial charge in [0.15, 0.2) is 5.60 Å². The Morgan fingerprint density at radius 1 is 1.12 bits per heavy atom. The highest BCUT2D eigenvalue weighted by Crippen LogP contribution is 2.44. The van der Waals surface area contributed by atoms with Crippen molar-refractivity contribution in [1.29, 1.82) is 0 Å². The van der Waals surface area contributed by atoms with Crippen molar-refractivity contribution in [2.45, 2.75) is 66.9 Å². The Hall–Kier alpha value is -2.93. The molecule has 170 valence electrons. The number of thiocarbonyl (C=S) groups is 1. The number of carboxylic acids is 1. The summed E-state index contributed by atoms with van der Waals surface area (Å²) in [5.41, 5.74) is 5.16. The molecule has 1 heterocycles. The molecule has 2 aromatic carbocycles. The molecular formula is C25H29NO5S. The van der Waals surface area contributed by atoms with E-state index in [0.29, 0.717) is 29.3 Å². The fourth-order valence-electron chi connectivity index (χ4n) is 4.24. The first-order valence-electron chi connectivity index (χ1n) is 10.5. The molecule has 1 aliphatic rings. The second-order valence-corrected chi connectivity index (χ2v) is 9.11. The van der Waals surface area contributed by atoms with E-state index in [2.05, 4.69) is 5.32 Å². The SMILES string of the molecule is CC(=O)Oc1c(C)c(C)c2c(c1C)CCC(C)(C(=S)Nc1c(C)cc(C)cc1C(=O)O)O2. The second kappa shape index (κ2) is 8.54. The van der Waals surface area contributed by atoms with Crippen LogP contribution in [-0.2, 0) is 11.2 Å². The number of aryl methyl sites for hydroxylation is 2. The van der Waals surface area contributed by atoms with Gasteiger partial charge in [0.25, 0.3) is 0 Å². The number of fused-ring (bicyclic) bond motifs is 1. The van der Waals surface area contributed by atoms with Gasteiger partial charge in [-0.05, 0) is 88.3 Å². The van der Waals surface area contributed by atoms with Crippen molar-refractivity contribution in [3.05, 3.63) is 51.1 Å². The van der Waals surface area contributed by atoms with Gasteiger partial charge in [0.1, 0.15) is 16.5 Å². The van der Waals surface area contributed by atoms with Crippen LogP contribution < -0.4 is 14.8 Å². The molecule has 32 heavy (non-hydrogen) atoms. The first-order valence-corrected chi connectivity index (χ1v) is 10.9. The van der Waals surface area contributed by atoms with Crippen LogP contribution in [0.3, 0.4) is 0 Å². The van der Waals surface area contributed by atoms with E-state index in [-0.39, 0.29) is 11.5 Å². The van der Waals surface area contributed by atoms with E-state index in [1.165, 1.54) is 6.92 Å². The Labute approximate surface area is 193 Å². The van der Waals surface area contributed by atoms with Crippen molar-refractivity contribution in [3.63, 3.8) is 0 Å². The maximum Gasteiger partial charge on any atom is 0.337 e. The average Bonchev–Trinajstić information content (AvgIpc) is 2.70. The lowest BCUT2D eigenvalue weighted by atomic mass is 9.86. The first kappa shape index (κ1) is 23.7. The number of carbonyl (C=O) groups is 2. The maximum atomic E-state index is 11.8. The third-order valence-electron chi connectivity index (χ3n) is 6.17. The highest BCUT2D eigenvalue weighted by atomic mass is 32.1. The summed E-state index contributed by atoms with van der Waals surface area (Å²) >= 11 is 5.73. The second-order valence-electron chi connectivity index (χ2n) is 8.70. The molecule has 0 saturated heterocycles. The van der Waals surface area contributed by atoms with Gasteiger partial charge >= 0.3 is 11.9 Å². The quantitative estimate of drug-likeness (QED) is 0.364. The zero-order valence-electron chi connectivity index (χ0n) is 19.6. The van der Waals surface area contributed by atoms with Gasteiger partial charge in [-0.3, -0.25) is 4.79 Å². The van der Waals surface area contributed by atoms with Crippen molar-refractivity contribution in [2.75, 3.05) is 5.32 Å². The minimum atomic E-state index is -1.01. The topological polar surface area (TPSA) is 84.9 Å². The number of esters is 1. The standard InChI is InChI=1S/C25H29NO5S/c1-12-10-13(2)20(19(11-12)23(28)29)26-24(32)25(7)9-8-18-16(5)21(30-17(6)27)14(3)15(4)22(18)31-25/h10-11H,8-9H2,1-7H3,(H,26,32)(H,28,29). The van der Waals surface area contributed by atoms with Crippen LogP contribution in [0.25, 0.3) is 0 Å². The van der Waals surface area contributed by atoms with Crippen molar-refractivity contribution in [1.82, 2.24) is 0 Å². The van der Waals surface area contributed by atoms with Gasteiger partial charge in [-0.25, -0.2) is 4.79 Å². The molecule has 0 radical (unpaired) electrons. The summed E-state index contributed by atoms with van der Waals surface area (Å²) < 4.78 is 11.9. The lowest BCUT2D eigenvalue weighted by molar-refractivity contribution is -0.132. The van der Waals surface area contributed by atoms with Gasteiger partial charge in [-0.15, -0.1) is 0 Å². The van der Waals surface area contributed by atoms with Crippen molar-refractivity contribution >= 4 is 34.8 Å². The summed E-state index contributed by atoms with van der Waals surface area (Å²) in [6.07, 6.45) is 1.29. The average molecular weight is 456 g/mol. The Morgan fingerprint density at radius 2 is 1.78 bits per heavy atom. The van der Waals surface area contributed by atoms with Gasteiger partial charge in [0.2, 0.25) is 0 Å². The van der Waals surface area contributed by atoms with Crippen LogP contribution in [0.2, 0.25) is 0 Å². The highest BCUT2D eigenvalue weighted by molar-refractivity contribution is 7.80. The van der Waals surface area contributed by atoms with Gasteiger partial charge in [0, 0.05) is 12.5 Å². The molecule has 0 bridgehead atoms. The van der Waals surface area contributed by atoms with Crippen LogP contribution in [0.4, 0.5) is 5.69 Å². The number of carboxylic acid groups (broad SMARTS) is 1. The van der Waals surface area contributed by atoms with Crippen molar-refractivity contribution in [2.24, 2.45) is 0 Å². The van der Waals surface area contributed by atoms with Crippen LogP contribution in [0.5, 0.6) is 11.5 Å². The molecule has 0 saturated carbocycles. The Balaban J connectivity index is 1.98. The number of ether oxygens (including phenoxy) is 2. The van der Waals surface area contributed by atoms with Crippen LogP contribution in [0, 0.1) is 34.6 Å². The van der Waals surface area contributed by atoms with Gasteiger partial charge in [-0.1, -0.05) is 18.3 Å². The molecule has 0 spiro atoms. The molecular weight excluding hydrogens is 426 g/mol. The van der Waals surface area contributed by atoms with E-state index in [4.69, 9.17) is 21.7 Å². The van der Waals surface area contributed by atoms with Crippen LogP contribution >= 0.6 is 12.2 Å². The first-order chi connectivity index (χ1) is 14.9. The molecule has 2 N–H and O–H groups in total. The number of hydrogen-bond acceptors (Lipinski definition) is 5. The van der Waals surface area contributed by atoms with Gasteiger partial charge in [-0.2, -0.15) is 0 Å². The summed E-state index contributed by atoms with van der Waals surface area (Å²) in [7, 11) is 0. The number of nitrogens with one attached hydrogen (secondary N) is 1. The maximum absolute atomic E-state index is 11.8. The van der Waals surface area contributed by atoms with Gasteiger partial charge < -0.3 is 19.9 Å². The van der Waals surface area contributed by atoms with E-state index >= 15 is 0 Å². The number of benzene rings is 2. The predicted octanol–water partition coefficient (Wildman–Crippen LogP) is 5.38. The zero-order chi connectivity index (χ0) is 24.0. The Morgan fingerprint density at radius 3 is 2.38 bits per heavy atom. The smallest absolute Gasteiger partial charge is 0.337 e. The number of anilines is 1. The minimum absolute atomic E-state index is 0.179. The molecule has 6 nitrogen and oxygen atoms in total. The highest BCUT2D eigenvalue weighted by Gasteiger charge is 2.39. The Kier molecular flexibility index (Phi) is 6.33. The van der Waals surface area contributed by atoms with Gasteiger partial charge in [0.05, 0.1) is 11.3 Å². The molecule has 0 aromatic heterocycles. The van der Waals surface area contributed by atoms with Crippen LogP contribution in [0.1, 0.15) is 64.0 Å². The predicted molar refractivity (Wildman–Crippen MR) is 128 cm³/mol. The molecule has 0 fully saturated rings. The van der Waals surface area contributed by atoms with E-state index < -0.39 is 11.6 Å². The van der Waals surface area contributed by atoms with E-state index in [1.807, 2.05) is 47.6 Å². The summed E-state index contributed by atoms with van der Waals surface area (Å²) in [5.74, 6) is -0.0385. The van der Waals surface area contributed by atoms with Crippen LogP contribution in [-0.4, -0.2) is 27.6 Å². The summed E-state index contributed by atoms with van der Waals surface area (Å²) in [4.78, 5) is 23.8. The fourth-order valence-corrected chi connectivity index (χ4v) is 4.48. The molecule has 1 atom stereocenters. The lowest BCUT2D eigenvalue weighted by Gasteiger charge is -2.38. The molecule has 1 aliphatic heterocycles. The number of carbonyl (C=O) groups excluding carboxylic acids is 1.